The monoisotopic (exact) mass is 294 g/mol. The molecule has 6 nitrogen and oxygen atoms in total. The summed E-state index contributed by atoms with van der Waals surface area (Å²) < 4.78 is 26.9. The van der Waals surface area contributed by atoms with Crippen molar-refractivity contribution in [2.24, 2.45) is 0 Å². The summed E-state index contributed by atoms with van der Waals surface area (Å²) in [6.45, 7) is 17.9. The quantitative estimate of drug-likeness (QED) is 0.406. The molecule has 0 spiro atoms. The van der Waals surface area contributed by atoms with Gasteiger partial charge in [-0.2, -0.15) is 0 Å². The van der Waals surface area contributed by atoms with Gasteiger partial charge in [0.25, 0.3) is 0 Å². The van der Waals surface area contributed by atoms with E-state index < -0.39 is 0 Å². The van der Waals surface area contributed by atoms with Gasteiger partial charge in [0.1, 0.15) is 5.78 Å². The smallest absolute Gasteiger partial charge is 0 e. The number of ether oxygens (including phenoxy) is 1. The second-order valence-electron chi connectivity index (χ2n) is 2.07. The molecule has 1 atom stereocenters. The second-order valence-corrected chi connectivity index (χ2v) is 2.07. The molecule has 7 heteroatoms. The van der Waals surface area contributed by atoms with Gasteiger partial charge in [0.05, 0.1) is 6.10 Å². The summed E-state index contributed by atoms with van der Waals surface area (Å²) in [5.74, 6) is -0.0384. The summed E-state index contributed by atoms with van der Waals surface area (Å²) >= 11 is 0. The van der Waals surface area contributed by atoms with Gasteiger partial charge in [0, 0.05) is 29.9 Å². The maximum Gasteiger partial charge on any atom is 0 e. The van der Waals surface area contributed by atoms with E-state index in [9.17, 15) is 9.59 Å². The van der Waals surface area contributed by atoms with Crippen molar-refractivity contribution in [1.29, 1.82) is 0 Å². The Bertz CT molecular complexity index is 219. The molecular weight excluding hydrogens is 284 g/mol. The van der Waals surface area contributed by atoms with Crippen LogP contribution >= 0.6 is 0 Å². The van der Waals surface area contributed by atoms with Gasteiger partial charge >= 0.3 is 33.9 Å². The van der Waals surface area contributed by atoms with Crippen LogP contribution in [0.2, 0.25) is 0 Å². The van der Waals surface area contributed by atoms with E-state index in [4.69, 9.17) is 14.0 Å². The van der Waals surface area contributed by atoms with Crippen LogP contribution in [0.5, 0.6) is 0 Å². The first kappa shape index (κ1) is 30.2. The van der Waals surface area contributed by atoms with Crippen LogP contribution in [-0.4, -0.2) is 18.4 Å². The predicted molar refractivity (Wildman–Crippen MR) is 51.6 cm³/mol. The molecule has 0 aromatic carbocycles. The van der Waals surface area contributed by atoms with Crippen LogP contribution in [0.15, 0.2) is 0 Å². The molecule has 0 N–H and O–H groups in total. The van der Waals surface area contributed by atoms with Gasteiger partial charge in [-0.25, -0.2) is 0 Å². The van der Waals surface area contributed by atoms with E-state index in [-0.39, 0.29) is 29.0 Å². The first-order valence-electron chi connectivity index (χ1n) is 3.83. The van der Waals surface area contributed by atoms with E-state index in [1.807, 2.05) is 0 Å². The summed E-state index contributed by atoms with van der Waals surface area (Å²) in [7, 11) is 0. The zero-order valence-corrected chi connectivity index (χ0v) is 10.7. The Hall–Kier alpha value is -1.12. The Morgan fingerprint density at radius 1 is 1.22 bits per heavy atom. The molecule has 0 aromatic heterocycles. The molecule has 0 heterocycles. The molecule has 0 saturated heterocycles. The number of hydrogen-bond donors (Lipinski definition) is 0. The number of ketones is 1. The number of rotatable bonds is 6. The zero-order valence-electron chi connectivity index (χ0n) is 9.61. The van der Waals surface area contributed by atoms with E-state index in [0.717, 1.165) is 0 Å². The van der Waals surface area contributed by atoms with Crippen LogP contribution in [0.4, 0.5) is 0 Å². The van der Waals surface area contributed by atoms with Gasteiger partial charge in [-0.15, -0.1) is 0 Å². The van der Waals surface area contributed by atoms with Crippen LogP contribution in [0, 0.1) is 39.2 Å². The Balaban J connectivity index is -0.0000000700. The molecule has 3 radical (unpaired) electrons. The molecule has 99 valence electrons. The molecule has 0 aromatic rings. The zero-order chi connectivity index (χ0) is 14.7. The standard InChI is InChI=1S/C8H10O3.3CO.Fe/c1-7(10)4-3-5-8(2)11-6-9;3*1-2;/h3-5,8H,1-2H3;;;;/q-1;;;;/t8-;;;;/m0..../s1. The number of Topliss-reactive ketones (excluding diaryl/α,β-unsaturated/α-hetero) is 1. The van der Waals surface area contributed by atoms with Gasteiger partial charge in [-0.1, -0.05) is 6.47 Å². The van der Waals surface area contributed by atoms with Crippen molar-refractivity contribution in [2.45, 2.75) is 20.0 Å². The third kappa shape index (κ3) is 46.2. The van der Waals surface area contributed by atoms with Crippen molar-refractivity contribution >= 4 is 12.3 Å². The van der Waals surface area contributed by atoms with Gasteiger partial charge in [-0.3, -0.25) is 4.79 Å². The molecule has 0 rings (SSSR count). The van der Waals surface area contributed by atoms with Crippen LogP contribution in [-0.2, 0) is 45.4 Å². The van der Waals surface area contributed by atoms with E-state index in [2.05, 4.69) is 24.7 Å². The largest absolute Gasteiger partial charge is 0 e. The van der Waals surface area contributed by atoms with E-state index in [1.165, 1.54) is 19.8 Å². The van der Waals surface area contributed by atoms with Gasteiger partial charge in [-0.05, 0) is 20.3 Å². The summed E-state index contributed by atoms with van der Waals surface area (Å²) in [6.07, 6.45) is 4.20. The van der Waals surface area contributed by atoms with Gasteiger partial charge < -0.3 is 9.53 Å². The molecular formula is C11H10FeO6-. The fourth-order valence-corrected chi connectivity index (χ4v) is 0.463. The minimum Gasteiger partial charge on any atom is 0 e. The predicted octanol–water partition coefficient (Wildman–Crippen LogP) is 0.546. The van der Waals surface area contributed by atoms with Crippen molar-refractivity contribution in [3.8, 4) is 0 Å². The van der Waals surface area contributed by atoms with Crippen LogP contribution in [0.1, 0.15) is 13.8 Å². The molecule has 0 unspecified atom stereocenters. The molecule has 0 bridgehead atoms. The normalized spacial score (nSPS) is 7.78. The van der Waals surface area contributed by atoms with Gasteiger partial charge in [0.15, 0.2) is 0 Å². The number of carbonyl (C=O) groups is 1. The molecule has 0 fully saturated rings. The van der Waals surface area contributed by atoms with Crippen molar-refractivity contribution in [3.63, 3.8) is 0 Å². The van der Waals surface area contributed by atoms with Crippen LogP contribution in [0.25, 0.3) is 0 Å². The first-order valence-corrected chi connectivity index (χ1v) is 3.83. The molecule has 0 aliphatic rings. The Morgan fingerprint density at radius 3 is 1.89 bits per heavy atom. The summed E-state index contributed by atoms with van der Waals surface area (Å²) in [6, 6.07) is 0. The molecule has 18 heavy (non-hydrogen) atoms. The molecule has 0 amide bonds. The van der Waals surface area contributed by atoms with Crippen LogP contribution < -0.4 is 0 Å². The van der Waals surface area contributed by atoms with Crippen molar-refractivity contribution in [2.75, 3.05) is 0 Å². The van der Waals surface area contributed by atoms with Crippen LogP contribution in [0.3, 0.4) is 0 Å². The Labute approximate surface area is 117 Å². The second kappa shape index (κ2) is 36.0. The third-order valence-corrected chi connectivity index (χ3v) is 0.947. The fraction of sp³-hybridized carbons (Fsp3) is 0.273. The average molecular weight is 294 g/mol. The SMILES string of the molecule is CC(=O)[CH][CH][CH][C@H](C)O[C-]=O.[C-]#[O+].[C-]#[O+].[C-]#[O+].[Fe]. The van der Waals surface area contributed by atoms with E-state index >= 15 is 0 Å². The number of carbonyl (C=O) groups excluding carboxylic acids is 2. The minimum absolute atomic E-state index is 0. The third-order valence-electron chi connectivity index (χ3n) is 0.947. The molecule has 0 saturated carbocycles. The van der Waals surface area contributed by atoms with Gasteiger partial charge in [0.2, 0.25) is 0 Å². The van der Waals surface area contributed by atoms with E-state index in [0.29, 0.717) is 0 Å². The Morgan fingerprint density at radius 2 is 1.61 bits per heavy atom. The van der Waals surface area contributed by atoms with Crippen molar-refractivity contribution < 1.29 is 45.4 Å². The minimum atomic E-state index is -0.330. The summed E-state index contributed by atoms with van der Waals surface area (Å²) in [5, 5.41) is 0. The number of hydrogen-bond acceptors (Lipinski definition) is 3. The molecule has 0 aliphatic heterocycles. The average Bonchev–Trinajstić information content (AvgIpc) is 2.36. The topological polar surface area (TPSA) is 103 Å². The molecule has 0 aliphatic carbocycles. The summed E-state index contributed by atoms with van der Waals surface area (Å²) in [5.41, 5.74) is 0. The Kier molecular flexibility index (Phi) is 60.4. The van der Waals surface area contributed by atoms with Crippen molar-refractivity contribution in [3.05, 3.63) is 39.2 Å². The maximum atomic E-state index is 10.4. The summed E-state index contributed by atoms with van der Waals surface area (Å²) in [4.78, 5) is 20.0. The maximum absolute atomic E-state index is 10.4. The fourth-order valence-electron chi connectivity index (χ4n) is 0.463. The van der Waals surface area contributed by atoms with Crippen molar-refractivity contribution in [1.82, 2.24) is 0 Å². The van der Waals surface area contributed by atoms with E-state index in [1.54, 1.807) is 19.8 Å². The first-order chi connectivity index (χ1) is 8.16.